The van der Waals surface area contributed by atoms with Gasteiger partial charge in [0.15, 0.2) is 5.82 Å². The number of nitrogens with one attached hydrogen (secondary N) is 2. The van der Waals surface area contributed by atoms with Crippen LogP contribution in [0, 0.1) is 6.92 Å². The number of likely N-dealkylation sites (N-methyl/N-ethyl adjacent to an activating group) is 1. The Morgan fingerprint density at radius 2 is 2.03 bits per heavy atom. The third-order valence-corrected chi connectivity index (χ3v) is 5.58. The van der Waals surface area contributed by atoms with E-state index in [9.17, 15) is 5.11 Å². The van der Waals surface area contributed by atoms with Crippen LogP contribution >= 0.6 is 0 Å². The summed E-state index contributed by atoms with van der Waals surface area (Å²) in [5.74, 6) is 3.37. The average Bonchev–Trinajstić information content (AvgIpc) is 3.51. The van der Waals surface area contributed by atoms with E-state index in [1.165, 1.54) is 12.8 Å². The largest absolute Gasteiger partial charge is 0.491 e. The number of aliphatic hydroxyl groups excluding tert-OH is 1. The minimum Gasteiger partial charge on any atom is -0.491 e. The summed E-state index contributed by atoms with van der Waals surface area (Å²) in [5, 5.41) is 16.0. The molecule has 2 saturated heterocycles. The van der Waals surface area contributed by atoms with Crippen LogP contribution in [0.25, 0.3) is 11.4 Å². The lowest BCUT2D eigenvalue weighted by Gasteiger charge is -2.31. The van der Waals surface area contributed by atoms with Crippen molar-refractivity contribution >= 4 is 17.5 Å². The Bertz CT molecular complexity index is 944. The van der Waals surface area contributed by atoms with Crippen LogP contribution in [-0.4, -0.2) is 87.1 Å². The number of amidine groups is 1. The Hall–Kier alpha value is -2.95. The molecule has 1 aromatic carbocycles. The van der Waals surface area contributed by atoms with E-state index >= 15 is 0 Å². The van der Waals surface area contributed by atoms with E-state index in [4.69, 9.17) is 20.2 Å². The molecule has 1 aromatic heterocycles. The summed E-state index contributed by atoms with van der Waals surface area (Å²) < 4.78 is 10.6. The van der Waals surface area contributed by atoms with Gasteiger partial charge in [-0.1, -0.05) is 26.0 Å². The molecule has 4 rings (SSSR count). The Morgan fingerprint density at radius 3 is 2.67 bits per heavy atom. The van der Waals surface area contributed by atoms with Crippen molar-refractivity contribution in [2.24, 2.45) is 4.99 Å². The number of anilines is 2. The maximum absolute atomic E-state index is 9.84. The minimum absolute atomic E-state index is 0.201. The molecule has 0 saturated carbocycles. The maximum atomic E-state index is 9.84. The molecule has 10 nitrogen and oxygen atoms in total. The Balaban J connectivity index is 0.000000570. The lowest BCUT2D eigenvalue weighted by atomic mass is 10.2. The number of nitrogen functional groups attached to an aromatic ring is 1. The molecule has 2 fully saturated rings. The lowest BCUT2D eigenvalue weighted by molar-refractivity contribution is 0.108. The van der Waals surface area contributed by atoms with Crippen molar-refractivity contribution in [1.82, 2.24) is 20.6 Å². The molecule has 1 atom stereocenters. The molecule has 5 N–H and O–H groups in total. The Kier molecular flexibility index (Phi) is 13.0. The van der Waals surface area contributed by atoms with Crippen LogP contribution in [0.1, 0.15) is 32.3 Å². The van der Waals surface area contributed by atoms with E-state index in [1.54, 1.807) is 14.1 Å². The van der Waals surface area contributed by atoms with Gasteiger partial charge in [-0.15, -0.1) is 0 Å². The number of aliphatic hydroxyl groups is 1. The first-order valence-electron chi connectivity index (χ1n) is 12.7. The number of hydrogen-bond donors (Lipinski definition) is 4. The number of hydrogen-bond acceptors (Lipinski definition) is 9. The van der Waals surface area contributed by atoms with E-state index < -0.39 is 6.10 Å². The first-order valence-corrected chi connectivity index (χ1v) is 12.7. The third kappa shape index (κ3) is 8.92. The van der Waals surface area contributed by atoms with E-state index in [-0.39, 0.29) is 6.61 Å². The zero-order valence-corrected chi connectivity index (χ0v) is 22.4. The number of rotatable bonds is 7. The van der Waals surface area contributed by atoms with Crippen LogP contribution in [0.2, 0.25) is 0 Å². The monoisotopic (exact) mass is 501 g/mol. The second-order valence-electron chi connectivity index (χ2n) is 8.27. The van der Waals surface area contributed by atoms with E-state index in [0.29, 0.717) is 30.5 Å². The Labute approximate surface area is 215 Å². The summed E-state index contributed by atoms with van der Waals surface area (Å²) in [6, 6.07) is 7.49. The van der Waals surface area contributed by atoms with Gasteiger partial charge in [0.25, 0.3) is 0 Å². The van der Waals surface area contributed by atoms with Crippen LogP contribution in [0.3, 0.4) is 0 Å². The maximum Gasteiger partial charge on any atom is 0.164 e. The quantitative estimate of drug-likeness (QED) is 0.451. The van der Waals surface area contributed by atoms with Gasteiger partial charge in [-0.05, 0) is 38.9 Å². The van der Waals surface area contributed by atoms with Gasteiger partial charge in [0.1, 0.15) is 35.9 Å². The van der Waals surface area contributed by atoms with Crippen LogP contribution in [-0.2, 0) is 4.74 Å². The number of piperazine rings is 1. The molecule has 0 aliphatic carbocycles. The molecule has 0 radical (unpaired) electrons. The second kappa shape index (κ2) is 15.9. The zero-order valence-electron chi connectivity index (χ0n) is 22.4. The zero-order chi connectivity index (χ0) is 26.3. The van der Waals surface area contributed by atoms with Crippen LogP contribution in [0.15, 0.2) is 29.3 Å². The van der Waals surface area contributed by atoms with Crippen molar-refractivity contribution in [3.8, 4) is 17.1 Å². The van der Waals surface area contributed by atoms with Gasteiger partial charge in [-0.2, -0.15) is 0 Å². The molecule has 0 bridgehead atoms. The van der Waals surface area contributed by atoms with Crippen LogP contribution < -0.4 is 26.0 Å². The van der Waals surface area contributed by atoms with Crippen molar-refractivity contribution in [3.63, 3.8) is 0 Å². The summed E-state index contributed by atoms with van der Waals surface area (Å²) in [6.45, 7) is 10.9. The smallest absolute Gasteiger partial charge is 0.164 e. The molecule has 36 heavy (non-hydrogen) atoms. The second-order valence-corrected chi connectivity index (χ2v) is 8.27. The van der Waals surface area contributed by atoms with E-state index in [2.05, 4.69) is 25.5 Å². The van der Waals surface area contributed by atoms with Gasteiger partial charge in [0.2, 0.25) is 0 Å². The fraction of sp³-hybridized carbons (Fsp3) is 0.577. The summed E-state index contributed by atoms with van der Waals surface area (Å²) in [4.78, 5) is 15.7. The molecule has 2 aliphatic rings. The molecule has 0 amide bonds. The highest BCUT2D eigenvalue weighted by Gasteiger charge is 2.21. The van der Waals surface area contributed by atoms with Crippen molar-refractivity contribution in [3.05, 3.63) is 29.8 Å². The normalized spacial score (nSPS) is 16.8. The lowest BCUT2D eigenvalue weighted by Crippen LogP contribution is -2.48. The van der Waals surface area contributed by atoms with Crippen molar-refractivity contribution < 1.29 is 14.6 Å². The molecule has 2 aliphatic heterocycles. The highest BCUT2D eigenvalue weighted by atomic mass is 16.5. The number of nitrogens with two attached hydrogens (primary N) is 1. The van der Waals surface area contributed by atoms with Gasteiger partial charge < -0.3 is 35.8 Å². The van der Waals surface area contributed by atoms with Gasteiger partial charge in [-0.25, -0.2) is 9.97 Å². The molecule has 1 unspecified atom stereocenters. The Morgan fingerprint density at radius 1 is 1.28 bits per heavy atom. The summed E-state index contributed by atoms with van der Waals surface area (Å²) in [7, 11) is 3.56. The number of aliphatic imine (C=N–C) groups is 1. The minimum atomic E-state index is -0.580. The molecule has 0 spiro atoms. The highest BCUT2D eigenvalue weighted by molar-refractivity contribution is 5.88. The summed E-state index contributed by atoms with van der Waals surface area (Å²) in [5.41, 5.74) is 7.87. The van der Waals surface area contributed by atoms with Gasteiger partial charge in [0, 0.05) is 51.0 Å². The average molecular weight is 502 g/mol. The first kappa shape index (κ1) is 29.3. The summed E-state index contributed by atoms with van der Waals surface area (Å²) in [6.07, 6.45) is 1.98. The predicted molar refractivity (Wildman–Crippen MR) is 147 cm³/mol. The molecule has 200 valence electrons. The topological polar surface area (TPSA) is 130 Å². The number of nitrogens with zero attached hydrogens (tertiary/aromatic N) is 4. The van der Waals surface area contributed by atoms with Crippen molar-refractivity contribution in [2.45, 2.75) is 39.7 Å². The number of ether oxygens (including phenoxy) is 2. The van der Waals surface area contributed by atoms with Gasteiger partial charge >= 0.3 is 0 Å². The molecule has 10 heteroatoms. The fourth-order valence-corrected chi connectivity index (χ4v) is 3.66. The fourth-order valence-electron chi connectivity index (χ4n) is 3.66. The predicted octanol–water partition coefficient (Wildman–Crippen LogP) is 2.25. The van der Waals surface area contributed by atoms with Crippen molar-refractivity contribution in [2.75, 3.05) is 70.7 Å². The number of aromatic nitrogens is 2. The first-order chi connectivity index (χ1) is 17.5. The highest BCUT2D eigenvalue weighted by Crippen LogP contribution is 2.28. The van der Waals surface area contributed by atoms with Crippen molar-refractivity contribution in [1.29, 1.82) is 0 Å². The molecular formula is C26H43N7O3. The standard InChI is InChI=1S/C20H29N7O2.C4H8O.C2H6/c1-13-18(21)25-19(26-20(13)27-8-7-24-17(11-27)23-3)14-5-4-6-16(9-14)29-12-15(28)10-22-2;1-2-4-5-3-1;1-2/h4-6,9,15,22,28H,7-8,10-12H2,1-3H3,(H,23,24)(H2,21,25,26);1-4H2;1-2H3. The number of benzene rings is 1. The van der Waals surface area contributed by atoms with Crippen LogP contribution in [0.4, 0.5) is 11.6 Å². The van der Waals surface area contributed by atoms with Gasteiger partial charge in [0.05, 0.1) is 6.54 Å². The van der Waals surface area contributed by atoms with Crippen LogP contribution in [0.5, 0.6) is 5.75 Å². The third-order valence-electron chi connectivity index (χ3n) is 5.58. The summed E-state index contributed by atoms with van der Waals surface area (Å²) >= 11 is 0. The van der Waals surface area contributed by atoms with E-state index in [1.807, 2.05) is 45.0 Å². The van der Waals surface area contributed by atoms with Gasteiger partial charge in [-0.3, -0.25) is 4.99 Å². The van der Waals surface area contributed by atoms with E-state index in [0.717, 1.165) is 49.1 Å². The molecule has 3 heterocycles. The SMILES string of the molecule is C1CCOC1.CC.CN=C1CN(c2nc(-c3cccc(OCC(O)CNC)c3)nc(N)c2C)CCN1. The molecule has 2 aromatic rings. The molecular weight excluding hydrogens is 458 g/mol.